The van der Waals surface area contributed by atoms with E-state index in [1.807, 2.05) is 0 Å². The van der Waals surface area contributed by atoms with Gasteiger partial charge in [-0.1, -0.05) is 0 Å². The second-order valence-corrected chi connectivity index (χ2v) is 2.64. The molecule has 1 aliphatic heterocycles. The second-order valence-electron chi connectivity index (χ2n) is 2.64. The molecule has 1 unspecified atom stereocenters. The minimum Gasteiger partial charge on any atom is -0.390 e. The summed E-state index contributed by atoms with van der Waals surface area (Å²) in [6, 6.07) is 0. The van der Waals surface area contributed by atoms with E-state index in [9.17, 15) is 0 Å². The Bertz CT molecular complexity index is 103. The molecule has 2 nitrogen and oxygen atoms in total. The molecule has 2 fully saturated rings. The molecule has 0 spiro atoms. The molecule has 0 bridgehead atoms. The Hall–Kier alpha value is -0.0800. The van der Waals surface area contributed by atoms with Crippen LogP contribution in [0.1, 0.15) is 19.3 Å². The molecule has 1 saturated carbocycles. The number of hydrogen-bond donors (Lipinski definition) is 1. The largest absolute Gasteiger partial charge is 0.390 e. The van der Waals surface area contributed by atoms with E-state index < -0.39 is 0 Å². The van der Waals surface area contributed by atoms with Gasteiger partial charge in [0.1, 0.15) is 6.10 Å². The van der Waals surface area contributed by atoms with Crippen LogP contribution < -0.4 is 0 Å². The van der Waals surface area contributed by atoms with Crippen LogP contribution in [-0.2, 0) is 4.74 Å². The highest BCUT2D eigenvalue weighted by atomic mass is 16.6. The van der Waals surface area contributed by atoms with Crippen LogP contribution in [0.2, 0.25) is 0 Å². The zero-order valence-electron chi connectivity index (χ0n) is 4.71. The molecular formula is C6H10O2. The van der Waals surface area contributed by atoms with Gasteiger partial charge in [0.25, 0.3) is 0 Å². The Morgan fingerprint density at radius 3 is 2.88 bits per heavy atom. The number of aliphatic hydroxyl groups is 1. The predicted molar refractivity (Wildman–Crippen MR) is 28.5 cm³/mol. The molecule has 0 aromatic rings. The van der Waals surface area contributed by atoms with E-state index in [0.29, 0.717) is 6.10 Å². The third-order valence-electron chi connectivity index (χ3n) is 1.99. The Balaban J connectivity index is 1.99. The van der Waals surface area contributed by atoms with Gasteiger partial charge in [-0.3, -0.25) is 0 Å². The summed E-state index contributed by atoms with van der Waals surface area (Å²) in [4.78, 5) is 0. The lowest BCUT2D eigenvalue weighted by molar-refractivity contribution is 0.124. The fraction of sp³-hybridized carbons (Fsp3) is 1.00. The van der Waals surface area contributed by atoms with Gasteiger partial charge in [0.15, 0.2) is 0 Å². The standard InChI is InChI=1S/C6H10O2/c7-4-2-1-3-5-6(4)8-5/h4-7H,1-3H2/t4?,5-,6-/m1/s1. The molecule has 2 heteroatoms. The summed E-state index contributed by atoms with van der Waals surface area (Å²) in [5.41, 5.74) is 0. The van der Waals surface area contributed by atoms with Crippen molar-refractivity contribution in [1.82, 2.24) is 0 Å². The van der Waals surface area contributed by atoms with Crippen molar-refractivity contribution in [1.29, 1.82) is 0 Å². The van der Waals surface area contributed by atoms with Crippen LogP contribution in [0.5, 0.6) is 0 Å². The number of hydrogen-bond acceptors (Lipinski definition) is 2. The van der Waals surface area contributed by atoms with Crippen LogP contribution in [0.4, 0.5) is 0 Å². The molecule has 1 heterocycles. The normalized spacial score (nSPS) is 52.9. The number of ether oxygens (including phenoxy) is 1. The summed E-state index contributed by atoms with van der Waals surface area (Å²) in [6.07, 6.45) is 3.77. The van der Waals surface area contributed by atoms with Crippen molar-refractivity contribution in [3.63, 3.8) is 0 Å². The van der Waals surface area contributed by atoms with Crippen LogP contribution >= 0.6 is 0 Å². The Kier molecular flexibility index (Phi) is 0.866. The zero-order chi connectivity index (χ0) is 5.56. The monoisotopic (exact) mass is 114 g/mol. The molecule has 0 aromatic heterocycles. The molecule has 2 aliphatic rings. The van der Waals surface area contributed by atoms with Crippen molar-refractivity contribution in [2.75, 3.05) is 0 Å². The minimum absolute atomic E-state index is 0.145. The molecule has 0 aromatic carbocycles. The fourth-order valence-electron chi connectivity index (χ4n) is 1.42. The van der Waals surface area contributed by atoms with E-state index in [1.54, 1.807) is 0 Å². The van der Waals surface area contributed by atoms with Crippen molar-refractivity contribution in [3.8, 4) is 0 Å². The molecule has 8 heavy (non-hydrogen) atoms. The van der Waals surface area contributed by atoms with E-state index >= 15 is 0 Å². The lowest BCUT2D eigenvalue weighted by Gasteiger charge is -2.10. The van der Waals surface area contributed by atoms with Gasteiger partial charge in [0, 0.05) is 0 Å². The van der Waals surface area contributed by atoms with E-state index in [2.05, 4.69) is 0 Å². The zero-order valence-corrected chi connectivity index (χ0v) is 4.71. The molecule has 0 radical (unpaired) electrons. The molecular weight excluding hydrogens is 104 g/mol. The minimum atomic E-state index is -0.145. The van der Waals surface area contributed by atoms with Gasteiger partial charge in [0.05, 0.1) is 12.2 Å². The first-order valence-corrected chi connectivity index (χ1v) is 3.21. The summed E-state index contributed by atoms with van der Waals surface area (Å²) in [5, 5.41) is 9.09. The van der Waals surface area contributed by atoms with Crippen LogP contribution in [0.25, 0.3) is 0 Å². The summed E-state index contributed by atoms with van der Waals surface area (Å²) in [5.74, 6) is 0. The average molecular weight is 114 g/mol. The number of rotatable bonds is 0. The maximum Gasteiger partial charge on any atom is 0.110 e. The van der Waals surface area contributed by atoms with Crippen LogP contribution in [0.3, 0.4) is 0 Å². The van der Waals surface area contributed by atoms with Gasteiger partial charge >= 0.3 is 0 Å². The van der Waals surface area contributed by atoms with Crippen LogP contribution in [0.15, 0.2) is 0 Å². The molecule has 46 valence electrons. The topological polar surface area (TPSA) is 32.8 Å². The van der Waals surface area contributed by atoms with Gasteiger partial charge in [-0.05, 0) is 19.3 Å². The molecule has 0 amide bonds. The number of fused-ring (bicyclic) bond motifs is 1. The maximum absolute atomic E-state index is 9.09. The summed E-state index contributed by atoms with van der Waals surface area (Å²) < 4.78 is 5.14. The summed E-state index contributed by atoms with van der Waals surface area (Å²) >= 11 is 0. The SMILES string of the molecule is OC1CCC[C@H]2O[C@H]12. The lowest BCUT2D eigenvalue weighted by atomic mass is 9.98. The molecule has 3 atom stereocenters. The first-order valence-electron chi connectivity index (χ1n) is 3.21. The quantitative estimate of drug-likeness (QED) is 0.459. The molecule has 1 N–H and O–H groups in total. The van der Waals surface area contributed by atoms with Gasteiger partial charge < -0.3 is 9.84 Å². The van der Waals surface area contributed by atoms with E-state index in [-0.39, 0.29) is 12.2 Å². The van der Waals surface area contributed by atoms with Crippen molar-refractivity contribution < 1.29 is 9.84 Å². The van der Waals surface area contributed by atoms with E-state index in [1.165, 1.54) is 6.42 Å². The van der Waals surface area contributed by atoms with E-state index in [4.69, 9.17) is 9.84 Å². The number of epoxide rings is 1. The van der Waals surface area contributed by atoms with Crippen molar-refractivity contribution in [3.05, 3.63) is 0 Å². The Labute approximate surface area is 48.5 Å². The lowest BCUT2D eigenvalue weighted by Crippen LogP contribution is -2.20. The molecule has 2 rings (SSSR count). The smallest absolute Gasteiger partial charge is 0.110 e. The average Bonchev–Trinajstić information content (AvgIpc) is 2.45. The highest BCUT2D eigenvalue weighted by Gasteiger charge is 2.46. The molecule has 1 saturated heterocycles. The third kappa shape index (κ3) is 0.565. The second kappa shape index (κ2) is 1.45. The molecule has 1 aliphatic carbocycles. The summed E-state index contributed by atoms with van der Waals surface area (Å²) in [7, 11) is 0. The van der Waals surface area contributed by atoms with Crippen LogP contribution in [-0.4, -0.2) is 23.4 Å². The number of aliphatic hydroxyl groups excluding tert-OH is 1. The fourth-order valence-corrected chi connectivity index (χ4v) is 1.42. The third-order valence-corrected chi connectivity index (χ3v) is 1.99. The first-order chi connectivity index (χ1) is 3.88. The van der Waals surface area contributed by atoms with Crippen LogP contribution in [0, 0.1) is 0 Å². The van der Waals surface area contributed by atoms with Crippen molar-refractivity contribution >= 4 is 0 Å². The van der Waals surface area contributed by atoms with Crippen molar-refractivity contribution in [2.45, 2.75) is 37.6 Å². The highest BCUT2D eigenvalue weighted by molar-refractivity contribution is 4.94. The highest BCUT2D eigenvalue weighted by Crippen LogP contribution is 2.36. The predicted octanol–water partition coefficient (Wildman–Crippen LogP) is 0.299. The van der Waals surface area contributed by atoms with Gasteiger partial charge in [0.2, 0.25) is 0 Å². The van der Waals surface area contributed by atoms with Gasteiger partial charge in [-0.25, -0.2) is 0 Å². The van der Waals surface area contributed by atoms with Crippen molar-refractivity contribution in [2.24, 2.45) is 0 Å². The van der Waals surface area contributed by atoms with Gasteiger partial charge in [-0.2, -0.15) is 0 Å². The Morgan fingerprint density at radius 2 is 2.25 bits per heavy atom. The first kappa shape index (κ1) is 4.77. The maximum atomic E-state index is 9.09. The summed E-state index contributed by atoms with van der Waals surface area (Å²) in [6.45, 7) is 0. The van der Waals surface area contributed by atoms with Gasteiger partial charge in [-0.15, -0.1) is 0 Å². The Morgan fingerprint density at radius 1 is 1.38 bits per heavy atom. The van der Waals surface area contributed by atoms with E-state index in [0.717, 1.165) is 12.8 Å².